The Balaban J connectivity index is 2.11. The normalized spacial score (nSPS) is 12.3. The van der Waals surface area contributed by atoms with Gasteiger partial charge < -0.3 is 11.1 Å². The highest BCUT2D eigenvalue weighted by atomic mass is 19.1. The summed E-state index contributed by atoms with van der Waals surface area (Å²) >= 11 is 0. The molecular weight excluding hydrogens is 260 g/mol. The zero-order chi connectivity index (χ0) is 14.5. The van der Waals surface area contributed by atoms with E-state index in [9.17, 15) is 8.78 Å². The van der Waals surface area contributed by atoms with Crippen LogP contribution in [0.3, 0.4) is 0 Å². The summed E-state index contributed by atoms with van der Waals surface area (Å²) in [5.41, 5.74) is 7.20. The van der Waals surface area contributed by atoms with Gasteiger partial charge in [-0.3, -0.25) is 0 Å². The van der Waals surface area contributed by atoms with Crippen molar-refractivity contribution in [1.29, 1.82) is 0 Å². The SMILES string of the molecule is CNC(Cc1ccc(F)cc1F)Cc1cccnc1N. The second-order valence-electron chi connectivity index (χ2n) is 4.68. The van der Waals surface area contributed by atoms with Gasteiger partial charge in [0.25, 0.3) is 0 Å². The molecule has 5 heteroatoms. The standard InChI is InChI=1S/C15H17F2N3/c1-19-13(8-11-3-2-6-20-15(11)18)7-10-4-5-12(16)9-14(10)17/h2-6,9,13,19H,7-8H2,1H3,(H2,18,20). The molecule has 2 rings (SSSR count). The molecule has 0 saturated heterocycles. The fourth-order valence-electron chi connectivity index (χ4n) is 2.12. The minimum atomic E-state index is -0.566. The molecule has 1 unspecified atom stereocenters. The Labute approximate surface area is 116 Å². The predicted molar refractivity (Wildman–Crippen MR) is 75.3 cm³/mol. The first-order chi connectivity index (χ1) is 9.60. The molecule has 0 bridgehead atoms. The van der Waals surface area contributed by atoms with Crippen LogP contribution in [0.4, 0.5) is 14.6 Å². The Morgan fingerprint density at radius 2 is 1.95 bits per heavy atom. The van der Waals surface area contributed by atoms with Crippen molar-refractivity contribution in [1.82, 2.24) is 10.3 Å². The van der Waals surface area contributed by atoms with Crippen LogP contribution in [-0.4, -0.2) is 18.1 Å². The molecular formula is C15H17F2N3. The molecule has 0 aliphatic heterocycles. The number of benzene rings is 1. The average molecular weight is 277 g/mol. The first kappa shape index (κ1) is 14.4. The molecule has 3 N–H and O–H groups in total. The zero-order valence-corrected chi connectivity index (χ0v) is 11.2. The molecule has 0 aliphatic rings. The lowest BCUT2D eigenvalue weighted by atomic mass is 9.99. The molecule has 0 spiro atoms. The summed E-state index contributed by atoms with van der Waals surface area (Å²) in [5.74, 6) is -0.611. The van der Waals surface area contributed by atoms with Crippen LogP contribution < -0.4 is 11.1 Å². The van der Waals surface area contributed by atoms with E-state index >= 15 is 0 Å². The van der Waals surface area contributed by atoms with E-state index in [0.717, 1.165) is 11.6 Å². The van der Waals surface area contributed by atoms with Crippen LogP contribution in [0, 0.1) is 11.6 Å². The second kappa shape index (κ2) is 6.43. The molecule has 0 fully saturated rings. The van der Waals surface area contributed by atoms with Gasteiger partial charge in [0.1, 0.15) is 17.5 Å². The van der Waals surface area contributed by atoms with Crippen molar-refractivity contribution >= 4 is 5.82 Å². The monoisotopic (exact) mass is 277 g/mol. The van der Waals surface area contributed by atoms with Crippen molar-refractivity contribution in [3.8, 4) is 0 Å². The highest BCUT2D eigenvalue weighted by Gasteiger charge is 2.13. The third-order valence-electron chi connectivity index (χ3n) is 3.28. The molecule has 20 heavy (non-hydrogen) atoms. The van der Waals surface area contributed by atoms with Crippen molar-refractivity contribution in [2.75, 3.05) is 12.8 Å². The number of nitrogen functional groups attached to an aromatic ring is 1. The van der Waals surface area contributed by atoms with Crippen molar-refractivity contribution in [2.45, 2.75) is 18.9 Å². The lowest BCUT2D eigenvalue weighted by Gasteiger charge is -2.17. The van der Waals surface area contributed by atoms with Crippen LogP contribution in [0.25, 0.3) is 0 Å². The Bertz CT molecular complexity index is 587. The van der Waals surface area contributed by atoms with Crippen LogP contribution >= 0.6 is 0 Å². The third kappa shape index (κ3) is 3.51. The van der Waals surface area contributed by atoms with Crippen LogP contribution in [0.5, 0.6) is 0 Å². The van der Waals surface area contributed by atoms with Crippen LogP contribution in [-0.2, 0) is 12.8 Å². The maximum atomic E-state index is 13.7. The summed E-state index contributed by atoms with van der Waals surface area (Å²) in [6, 6.07) is 7.36. The summed E-state index contributed by atoms with van der Waals surface area (Å²) in [7, 11) is 1.80. The molecule has 2 aromatic rings. The lowest BCUT2D eigenvalue weighted by molar-refractivity contribution is 0.524. The van der Waals surface area contributed by atoms with Crippen molar-refractivity contribution in [3.63, 3.8) is 0 Å². The summed E-state index contributed by atoms with van der Waals surface area (Å²) in [4.78, 5) is 4.03. The highest BCUT2D eigenvalue weighted by Crippen LogP contribution is 2.15. The number of aromatic nitrogens is 1. The van der Waals surface area contributed by atoms with Gasteiger partial charge in [0.05, 0.1) is 0 Å². The molecule has 0 aliphatic carbocycles. The fourth-order valence-corrected chi connectivity index (χ4v) is 2.12. The van der Waals surface area contributed by atoms with E-state index in [1.165, 1.54) is 12.1 Å². The Morgan fingerprint density at radius 3 is 2.60 bits per heavy atom. The van der Waals surface area contributed by atoms with E-state index < -0.39 is 11.6 Å². The maximum absolute atomic E-state index is 13.7. The number of rotatable bonds is 5. The number of likely N-dealkylation sites (N-methyl/N-ethyl adjacent to an activating group) is 1. The number of nitrogens with one attached hydrogen (secondary N) is 1. The van der Waals surface area contributed by atoms with Gasteiger partial charge in [0.2, 0.25) is 0 Å². The minimum Gasteiger partial charge on any atom is -0.383 e. The lowest BCUT2D eigenvalue weighted by Crippen LogP contribution is -2.30. The molecule has 1 aromatic heterocycles. The van der Waals surface area contributed by atoms with E-state index in [4.69, 9.17) is 5.73 Å². The minimum absolute atomic E-state index is 0.00135. The van der Waals surface area contributed by atoms with Crippen molar-refractivity contribution < 1.29 is 8.78 Å². The number of nitrogens with two attached hydrogens (primary N) is 1. The van der Waals surface area contributed by atoms with E-state index in [-0.39, 0.29) is 6.04 Å². The number of halogens is 2. The van der Waals surface area contributed by atoms with E-state index in [2.05, 4.69) is 10.3 Å². The van der Waals surface area contributed by atoms with Crippen LogP contribution in [0.1, 0.15) is 11.1 Å². The first-order valence-corrected chi connectivity index (χ1v) is 6.40. The second-order valence-corrected chi connectivity index (χ2v) is 4.68. The Hall–Kier alpha value is -2.01. The van der Waals surface area contributed by atoms with Crippen LogP contribution in [0.15, 0.2) is 36.5 Å². The number of nitrogens with zero attached hydrogens (tertiary/aromatic N) is 1. The van der Waals surface area contributed by atoms with E-state index in [0.29, 0.717) is 24.2 Å². The highest BCUT2D eigenvalue weighted by molar-refractivity contribution is 5.39. The van der Waals surface area contributed by atoms with Gasteiger partial charge in [-0.25, -0.2) is 13.8 Å². The molecule has 0 amide bonds. The number of hydrogen-bond donors (Lipinski definition) is 2. The molecule has 1 atom stereocenters. The quantitative estimate of drug-likeness (QED) is 0.882. The largest absolute Gasteiger partial charge is 0.383 e. The number of anilines is 1. The van der Waals surface area contributed by atoms with Gasteiger partial charge >= 0.3 is 0 Å². The number of pyridine rings is 1. The average Bonchev–Trinajstić information content (AvgIpc) is 2.43. The van der Waals surface area contributed by atoms with Crippen LogP contribution in [0.2, 0.25) is 0 Å². The van der Waals surface area contributed by atoms with E-state index in [1.807, 2.05) is 12.1 Å². The summed E-state index contributed by atoms with van der Waals surface area (Å²) in [5, 5.41) is 3.12. The predicted octanol–water partition coefficient (Wildman–Crippen LogP) is 2.32. The molecule has 3 nitrogen and oxygen atoms in total. The van der Waals surface area contributed by atoms with Gasteiger partial charge in [0.15, 0.2) is 0 Å². The molecule has 1 heterocycles. The molecule has 0 saturated carbocycles. The summed E-state index contributed by atoms with van der Waals surface area (Å²) in [6.45, 7) is 0. The molecule has 1 aromatic carbocycles. The van der Waals surface area contributed by atoms with Gasteiger partial charge in [0, 0.05) is 18.3 Å². The summed E-state index contributed by atoms with van der Waals surface area (Å²) in [6.07, 6.45) is 2.72. The zero-order valence-electron chi connectivity index (χ0n) is 11.2. The van der Waals surface area contributed by atoms with Gasteiger partial charge in [-0.15, -0.1) is 0 Å². The van der Waals surface area contributed by atoms with E-state index in [1.54, 1.807) is 13.2 Å². The fraction of sp³-hybridized carbons (Fsp3) is 0.267. The first-order valence-electron chi connectivity index (χ1n) is 6.40. The third-order valence-corrected chi connectivity index (χ3v) is 3.28. The van der Waals surface area contributed by atoms with Crippen molar-refractivity contribution in [3.05, 3.63) is 59.3 Å². The topological polar surface area (TPSA) is 50.9 Å². The molecule has 0 radical (unpaired) electrons. The number of hydrogen-bond acceptors (Lipinski definition) is 3. The molecule has 106 valence electrons. The summed E-state index contributed by atoms with van der Waals surface area (Å²) < 4.78 is 26.5. The van der Waals surface area contributed by atoms with Crippen molar-refractivity contribution in [2.24, 2.45) is 0 Å². The Kier molecular flexibility index (Phi) is 4.63. The maximum Gasteiger partial charge on any atom is 0.129 e. The smallest absolute Gasteiger partial charge is 0.129 e. The van der Waals surface area contributed by atoms with Gasteiger partial charge in [-0.1, -0.05) is 12.1 Å². The van der Waals surface area contributed by atoms with Gasteiger partial charge in [-0.2, -0.15) is 0 Å². The van der Waals surface area contributed by atoms with Gasteiger partial charge in [-0.05, 0) is 43.1 Å². The Morgan fingerprint density at radius 1 is 1.20 bits per heavy atom.